The van der Waals surface area contributed by atoms with Crippen LogP contribution in [0.25, 0.3) is 17.3 Å². The molecule has 2 aliphatic rings. The summed E-state index contributed by atoms with van der Waals surface area (Å²) in [6, 6.07) is 15.7. The summed E-state index contributed by atoms with van der Waals surface area (Å²) in [5.74, 6) is 1.50. The zero-order valence-electron chi connectivity index (χ0n) is 24.2. The highest BCUT2D eigenvalue weighted by Gasteiger charge is 2.21. The summed E-state index contributed by atoms with van der Waals surface area (Å²) in [5.41, 5.74) is 3.43. The lowest BCUT2D eigenvalue weighted by molar-refractivity contribution is 0.0664. The number of aromatic nitrogens is 5. The third kappa shape index (κ3) is 6.79. The van der Waals surface area contributed by atoms with E-state index >= 15 is 0 Å². The number of anilines is 3. The van der Waals surface area contributed by atoms with Crippen molar-refractivity contribution in [2.24, 2.45) is 0 Å². The molecule has 2 N–H and O–H groups in total. The summed E-state index contributed by atoms with van der Waals surface area (Å²) >= 11 is 0. The Morgan fingerprint density at radius 3 is 2.02 bits per heavy atom. The average Bonchev–Trinajstić information content (AvgIpc) is 3.48. The van der Waals surface area contributed by atoms with E-state index in [0.29, 0.717) is 74.1 Å². The lowest BCUT2D eigenvalue weighted by Gasteiger charge is -2.32. The first-order valence-corrected chi connectivity index (χ1v) is 14.3. The van der Waals surface area contributed by atoms with Crippen molar-refractivity contribution in [2.75, 3.05) is 75.1 Å². The number of piperazine rings is 1. The summed E-state index contributed by atoms with van der Waals surface area (Å²) in [5, 5.41) is 10.1. The topological polar surface area (TPSA) is 134 Å². The molecule has 0 spiro atoms. The minimum absolute atomic E-state index is 0.00583. The van der Waals surface area contributed by atoms with Gasteiger partial charge in [0, 0.05) is 68.0 Å². The molecule has 3 amide bonds. The van der Waals surface area contributed by atoms with Gasteiger partial charge in [0.15, 0.2) is 5.82 Å². The van der Waals surface area contributed by atoms with Crippen LogP contribution in [0.2, 0.25) is 0 Å². The minimum atomic E-state index is -0.392. The highest BCUT2D eigenvalue weighted by molar-refractivity contribution is 6.00. The molecule has 2 saturated heterocycles. The summed E-state index contributed by atoms with van der Waals surface area (Å²) in [6.07, 6.45) is 1.82. The van der Waals surface area contributed by atoms with Gasteiger partial charge < -0.3 is 30.1 Å². The number of morpholine rings is 1. The number of amides is 3. The third-order valence-electron chi connectivity index (χ3n) is 7.41. The molecule has 43 heavy (non-hydrogen) atoms. The molecule has 4 heterocycles. The van der Waals surface area contributed by atoms with Gasteiger partial charge in [-0.2, -0.15) is 20.1 Å². The number of hydrogen-bond acceptors (Lipinski definition) is 9. The molecule has 0 bridgehead atoms. The van der Waals surface area contributed by atoms with Crippen LogP contribution in [0.5, 0.6) is 0 Å². The number of hydrogen-bond donors (Lipinski definition) is 2. The van der Waals surface area contributed by atoms with E-state index in [9.17, 15) is 9.59 Å². The number of nitrogens with zero attached hydrogens (tertiary/aromatic N) is 8. The smallest absolute Gasteiger partial charge is 0.323 e. The molecule has 2 aliphatic heterocycles. The van der Waals surface area contributed by atoms with Crippen molar-refractivity contribution in [3.05, 3.63) is 72.1 Å². The van der Waals surface area contributed by atoms with Crippen molar-refractivity contribution in [3.63, 3.8) is 0 Å². The second-order valence-corrected chi connectivity index (χ2v) is 10.6. The number of carbonyl (C=O) groups is 2. The molecule has 2 fully saturated rings. The van der Waals surface area contributed by atoms with Crippen molar-refractivity contribution in [3.8, 4) is 17.3 Å². The molecule has 6 rings (SSSR count). The maximum Gasteiger partial charge on any atom is 0.323 e. The van der Waals surface area contributed by atoms with E-state index in [0.717, 1.165) is 24.3 Å². The Kier molecular flexibility index (Phi) is 8.24. The van der Waals surface area contributed by atoms with Crippen LogP contribution in [0.4, 0.5) is 22.1 Å². The predicted octanol–water partition coefficient (Wildman–Crippen LogP) is 2.90. The van der Waals surface area contributed by atoms with E-state index in [4.69, 9.17) is 9.72 Å². The Morgan fingerprint density at radius 2 is 1.40 bits per heavy atom. The minimum Gasteiger partial charge on any atom is -0.378 e. The Morgan fingerprint density at radius 1 is 0.767 bits per heavy atom. The predicted molar refractivity (Wildman–Crippen MR) is 163 cm³/mol. The number of aryl methyl sites for hydroxylation is 1. The molecule has 0 unspecified atom stereocenters. The van der Waals surface area contributed by atoms with Crippen LogP contribution in [0.15, 0.2) is 60.8 Å². The van der Waals surface area contributed by atoms with Crippen molar-refractivity contribution < 1.29 is 14.3 Å². The molecule has 0 radical (unpaired) electrons. The quantitative estimate of drug-likeness (QED) is 0.352. The van der Waals surface area contributed by atoms with E-state index < -0.39 is 6.03 Å². The maximum absolute atomic E-state index is 12.8. The van der Waals surface area contributed by atoms with Crippen LogP contribution < -0.4 is 15.5 Å². The number of rotatable bonds is 6. The Bertz CT molecular complexity index is 1570. The Balaban J connectivity index is 1.11. The molecular formula is C30H34N10O3. The van der Waals surface area contributed by atoms with Gasteiger partial charge in [-0.1, -0.05) is 0 Å². The monoisotopic (exact) mass is 582 g/mol. The number of urea groups is 1. The average molecular weight is 583 g/mol. The lowest BCUT2D eigenvalue weighted by Crippen LogP contribution is -2.47. The Labute approximate surface area is 249 Å². The Hall–Kier alpha value is -4.88. The lowest BCUT2D eigenvalue weighted by atomic mass is 10.1. The normalized spacial score (nSPS) is 15.8. The maximum atomic E-state index is 12.8. The third-order valence-corrected chi connectivity index (χ3v) is 7.41. The van der Waals surface area contributed by atoms with E-state index in [1.807, 2.05) is 36.2 Å². The number of benzene rings is 2. The molecule has 13 heteroatoms. The highest BCUT2D eigenvalue weighted by atomic mass is 16.5. The van der Waals surface area contributed by atoms with Crippen molar-refractivity contribution in [1.29, 1.82) is 0 Å². The fraction of sp³-hybridized carbons (Fsp3) is 0.333. The van der Waals surface area contributed by atoms with E-state index in [1.54, 1.807) is 41.1 Å². The molecule has 222 valence electrons. The fourth-order valence-electron chi connectivity index (χ4n) is 4.90. The molecular weight excluding hydrogens is 548 g/mol. The van der Waals surface area contributed by atoms with Gasteiger partial charge >= 0.3 is 6.03 Å². The number of carbonyl (C=O) groups excluding carboxylic acids is 2. The first kappa shape index (κ1) is 28.2. The zero-order chi connectivity index (χ0) is 29.8. The number of ether oxygens (including phenoxy) is 1. The van der Waals surface area contributed by atoms with E-state index in [-0.39, 0.29) is 5.91 Å². The van der Waals surface area contributed by atoms with Gasteiger partial charge in [0.05, 0.1) is 18.9 Å². The zero-order valence-corrected chi connectivity index (χ0v) is 24.2. The molecule has 0 aliphatic carbocycles. The van der Waals surface area contributed by atoms with E-state index in [2.05, 4.69) is 42.5 Å². The van der Waals surface area contributed by atoms with Gasteiger partial charge in [-0.3, -0.25) is 4.79 Å². The van der Waals surface area contributed by atoms with Crippen LogP contribution in [0.3, 0.4) is 0 Å². The van der Waals surface area contributed by atoms with Crippen molar-refractivity contribution in [2.45, 2.75) is 6.92 Å². The van der Waals surface area contributed by atoms with Gasteiger partial charge in [0.25, 0.3) is 11.9 Å². The molecule has 2 aromatic heterocycles. The number of likely N-dealkylation sites (N-methyl/N-ethyl adjacent to an activating group) is 1. The first-order chi connectivity index (χ1) is 20.9. The second-order valence-electron chi connectivity index (χ2n) is 10.6. The van der Waals surface area contributed by atoms with Crippen LogP contribution in [-0.4, -0.2) is 106 Å². The summed E-state index contributed by atoms with van der Waals surface area (Å²) in [6.45, 7) is 7.66. The van der Waals surface area contributed by atoms with Gasteiger partial charge in [-0.05, 0) is 68.6 Å². The van der Waals surface area contributed by atoms with Crippen molar-refractivity contribution >= 4 is 29.3 Å². The van der Waals surface area contributed by atoms with Gasteiger partial charge in [0.2, 0.25) is 5.95 Å². The van der Waals surface area contributed by atoms with Crippen LogP contribution >= 0.6 is 0 Å². The molecule has 0 atom stereocenters. The van der Waals surface area contributed by atoms with Gasteiger partial charge in [-0.25, -0.2) is 9.48 Å². The first-order valence-electron chi connectivity index (χ1n) is 14.3. The van der Waals surface area contributed by atoms with Gasteiger partial charge in [0.1, 0.15) is 0 Å². The summed E-state index contributed by atoms with van der Waals surface area (Å²) in [4.78, 5) is 45.7. The standard InChI is InChI=1S/C30H34N10O3/c1-21-11-12-40(36-21)29-34-26(33-28(35-29)39-17-19-43-20-18-39)22-3-7-24(8-4-22)31-30(42)32-25-9-5-23(6-10-25)27(41)38-15-13-37(2)14-16-38/h3-12H,13-20H2,1-2H3,(H2,31,32,42). The summed E-state index contributed by atoms with van der Waals surface area (Å²) in [7, 11) is 2.05. The van der Waals surface area contributed by atoms with Crippen LogP contribution in [0.1, 0.15) is 16.1 Å². The molecule has 0 saturated carbocycles. The largest absolute Gasteiger partial charge is 0.378 e. The van der Waals surface area contributed by atoms with Crippen LogP contribution in [0, 0.1) is 6.92 Å². The SMILES string of the molecule is Cc1ccn(-c2nc(-c3ccc(NC(=O)Nc4ccc(C(=O)N5CCN(C)CC5)cc4)cc3)nc(N3CCOCC3)n2)n1. The summed E-state index contributed by atoms with van der Waals surface area (Å²) < 4.78 is 7.13. The fourth-order valence-corrected chi connectivity index (χ4v) is 4.90. The highest BCUT2D eigenvalue weighted by Crippen LogP contribution is 2.22. The van der Waals surface area contributed by atoms with Crippen molar-refractivity contribution in [1.82, 2.24) is 34.5 Å². The molecule has 2 aromatic carbocycles. The van der Waals surface area contributed by atoms with Crippen LogP contribution in [-0.2, 0) is 4.74 Å². The van der Waals surface area contributed by atoms with Gasteiger partial charge in [-0.15, -0.1) is 0 Å². The molecule has 4 aromatic rings. The second kappa shape index (κ2) is 12.5. The molecule has 13 nitrogen and oxygen atoms in total. The van der Waals surface area contributed by atoms with E-state index in [1.165, 1.54) is 0 Å². The number of nitrogens with one attached hydrogen (secondary N) is 2.